The number of fused-ring (bicyclic) bond motifs is 1. The van der Waals surface area contributed by atoms with Crippen LogP contribution in [-0.4, -0.2) is 35.9 Å². The van der Waals surface area contributed by atoms with E-state index in [0.717, 1.165) is 34.7 Å². The molecule has 144 valence electrons. The zero-order valence-electron chi connectivity index (χ0n) is 15.8. The van der Waals surface area contributed by atoms with Crippen molar-refractivity contribution in [1.82, 2.24) is 15.1 Å². The standard InChI is InChI=1S/C22H23N3O3/c1-27-20-8-7-17-11-18(15-28-21(17)12-20)22(26)23-10-9-16-13-24-25(14-16)19-5-3-2-4-6-19/h2-8,12-14,18H,9-11,15H2,1H3,(H,23,26)/t18-/m1/s1. The van der Waals surface area contributed by atoms with E-state index in [-0.39, 0.29) is 11.8 Å². The Morgan fingerprint density at radius 1 is 1.29 bits per heavy atom. The summed E-state index contributed by atoms with van der Waals surface area (Å²) in [4.78, 5) is 12.5. The molecule has 3 aromatic rings. The van der Waals surface area contributed by atoms with Crippen LogP contribution in [0.5, 0.6) is 11.5 Å². The van der Waals surface area contributed by atoms with Crippen LogP contribution in [0.3, 0.4) is 0 Å². The SMILES string of the molecule is COc1ccc2c(c1)OC[C@H](C(=O)NCCc1cnn(-c3ccccc3)c1)C2. The first kappa shape index (κ1) is 18.1. The summed E-state index contributed by atoms with van der Waals surface area (Å²) < 4.78 is 12.8. The molecule has 0 unspecified atom stereocenters. The maximum atomic E-state index is 12.5. The summed E-state index contributed by atoms with van der Waals surface area (Å²) in [7, 11) is 1.63. The Hall–Kier alpha value is -3.28. The summed E-state index contributed by atoms with van der Waals surface area (Å²) in [6.45, 7) is 0.962. The van der Waals surface area contributed by atoms with Gasteiger partial charge in [0.15, 0.2) is 0 Å². The Kier molecular flexibility index (Phi) is 5.28. The van der Waals surface area contributed by atoms with Crippen LogP contribution in [-0.2, 0) is 17.6 Å². The van der Waals surface area contributed by atoms with E-state index in [1.165, 1.54) is 0 Å². The number of methoxy groups -OCH3 is 1. The lowest BCUT2D eigenvalue weighted by Gasteiger charge is -2.25. The lowest BCUT2D eigenvalue weighted by molar-refractivity contribution is -0.126. The largest absolute Gasteiger partial charge is 0.497 e. The molecule has 0 saturated heterocycles. The quantitative estimate of drug-likeness (QED) is 0.717. The Bertz CT molecular complexity index is 953. The van der Waals surface area contributed by atoms with Crippen LogP contribution in [0.2, 0.25) is 0 Å². The Labute approximate surface area is 164 Å². The van der Waals surface area contributed by atoms with E-state index in [4.69, 9.17) is 9.47 Å². The molecule has 1 aliphatic rings. The van der Waals surface area contributed by atoms with Gasteiger partial charge in [0, 0.05) is 18.8 Å². The minimum absolute atomic E-state index is 0.0249. The predicted molar refractivity (Wildman–Crippen MR) is 106 cm³/mol. The topological polar surface area (TPSA) is 65.4 Å². The third kappa shape index (κ3) is 4.01. The molecule has 0 spiro atoms. The van der Waals surface area contributed by atoms with Crippen LogP contribution in [0.1, 0.15) is 11.1 Å². The molecule has 0 bridgehead atoms. The van der Waals surface area contributed by atoms with E-state index in [9.17, 15) is 4.79 Å². The first-order chi connectivity index (χ1) is 13.7. The van der Waals surface area contributed by atoms with Gasteiger partial charge in [-0.3, -0.25) is 4.79 Å². The number of amides is 1. The number of hydrogen-bond acceptors (Lipinski definition) is 4. The molecule has 28 heavy (non-hydrogen) atoms. The summed E-state index contributed by atoms with van der Waals surface area (Å²) >= 11 is 0. The van der Waals surface area contributed by atoms with Crippen molar-refractivity contribution in [2.75, 3.05) is 20.3 Å². The third-order valence-electron chi connectivity index (χ3n) is 4.92. The smallest absolute Gasteiger partial charge is 0.226 e. The van der Waals surface area contributed by atoms with Crippen LogP contribution in [0.4, 0.5) is 0 Å². The monoisotopic (exact) mass is 377 g/mol. The van der Waals surface area contributed by atoms with Gasteiger partial charge in [-0.25, -0.2) is 4.68 Å². The number of carbonyl (C=O) groups excluding carboxylic acids is 1. The first-order valence-corrected chi connectivity index (χ1v) is 9.39. The first-order valence-electron chi connectivity index (χ1n) is 9.39. The van der Waals surface area contributed by atoms with Gasteiger partial charge in [-0.1, -0.05) is 24.3 Å². The van der Waals surface area contributed by atoms with Gasteiger partial charge < -0.3 is 14.8 Å². The number of carbonyl (C=O) groups is 1. The molecule has 1 amide bonds. The van der Waals surface area contributed by atoms with E-state index in [0.29, 0.717) is 19.6 Å². The van der Waals surface area contributed by atoms with Gasteiger partial charge in [0.05, 0.1) is 24.9 Å². The second kappa shape index (κ2) is 8.17. The fraction of sp³-hybridized carbons (Fsp3) is 0.273. The zero-order valence-corrected chi connectivity index (χ0v) is 15.8. The third-order valence-corrected chi connectivity index (χ3v) is 4.92. The minimum atomic E-state index is -0.173. The number of rotatable bonds is 6. The van der Waals surface area contributed by atoms with E-state index >= 15 is 0 Å². The van der Waals surface area contributed by atoms with Crippen LogP contribution in [0, 0.1) is 5.92 Å². The number of benzene rings is 2. The molecule has 2 heterocycles. The molecule has 1 atom stereocenters. The Morgan fingerprint density at radius 3 is 2.96 bits per heavy atom. The van der Waals surface area contributed by atoms with E-state index in [1.807, 2.05) is 65.6 Å². The van der Waals surface area contributed by atoms with Crippen molar-refractivity contribution in [2.24, 2.45) is 5.92 Å². The van der Waals surface area contributed by atoms with Crippen molar-refractivity contribution in [3.05, 3.63) is 72.1 Å². The van der Waals surface area contributed by atoms with E-state index in [2.05, 4.69) is 10.4 Å². The maximum Gasteiger partial charge on any atom is 0.226 e. The number of hydrogen-bond donors (Lipinski definition) is 1. The van der Waals surface area contributed by atoms with Crippen molar-refractivity contribution < 1.29 is 14.3 Å². The molecule has 0 aliphatic carbocycles. The fourth-order valence-corrected chi connectivity index (χ4v) is 3.33. The summed E-state index contributed by atoms with van der Waals surface area (Å²) in [6.07, 6.45) is 5.25. The van der Waals surface area contributed by atoms with Crippen LogP contribution >= 0.6 is 0 Å². The Balaban J connectivity index is 1.29. The van der Waals surface area contributed by atoms with Crippen molar-refractivity contribution >= 4 is 5.91 Å². The second-order valence-electron chi connectivity index (χ2n) is 6.86. The highest BCUT2D eigenvalue weighted by Crippen LogP contribution is 2.31. The molecular formula is C22H23N3O3. The highest BCUT2D eigenvalue weighted by Gasteiger charge is 2.26. The summed E-state index contributed by atoms with van der Waals surface area (Å²) in [6, 6.07) is 15.7. The molecule has 0 saturated carbocycles. The second-order valence-corrected chi connectivity index (χ2v) is 6.86. The average Bonchev–Trinajstić information content (AvgIpc) is 3.22. The minimum Gasteiger partial charge on any atom is -0.497 e. The van der Waals surface area contributed by atoms with Crippen molar-refractivity contribution in [3.8, 4) is 17.2 Å². The molecule has 6 heteroatoms. The molecule has 2 aromatic carbocycles. The van der Waals surface area contributed by atoms with Crippen molar-refractivity contribution in [3.63, 3.8) is 0 Å². The summed E-state index contributed by atoms with van der Waals surface area (Å²) in [5, 5.41) is 7.41. The van der Waals surface area contributed by atoms with Gasteiger partial charge in [-0.15, -0.1) is 0 Å². The number of aromatic nitrogens is 2. The van der Waals surface area contributed by atoms with Crippen molar-refractivity contribution in [2.45, 2.75) is 12.8 Å². The van der Waals surface area contributed by atoms with Crippen LogP contribution < -0.4 is 14.8 Å². The highest BCUT2D eigenvalue weighted by molar-refractivity contribution is 5.79. The van der Waals surface area contributed by atoms with Gasteiger partial charge in [-0.2, -0.15) is 5.10 Å². The summed E-state index contributed by atoms with van der Waals surface area (Å²) in [5.74, 6) is 1.42. The fourth-order valence-electron chi connectivity index (χ4n) is 3.33. The number of para-hydroxylation sites is 1. The predicted octanol–water partition coefficient (Wildman–Crippen LogP) is 2.79. The van der Waals surface area contributed by atoms with Gasteiger partial charge in [0.25, 0.3) is 0 Å². The molecular weight excluding hydrogens is 354 g/mol. The molecule has 0 radical (unpaired) electrons. The number of ether oxygens (including phenoxy) is 2. The number of nitrogens with zero attached hydrogens (tertiary/aromatic N) is 2. The molecule has 1 aliphatic heterocycles. The van der Waals surface area contributed by atoms with E-state index in [1.54, 1.807) is 7.11 Å². The molecule has 4 rings (SSSR count). The van der Waals surface area contributed by atoms with Crippen molar-refractivity contribution in [1.29, 1.82) is 0 Å². The van der Waals surface area contributed by atoms with Gasteiger partial charge in [0.2, 0.25) is 5.91 Å². The molecule has 0 fully saturated rings. The summed E-state index contributed by atoms with van der Waals surface area (Å²) in [5.41, 5.74) is 3.14. The van der Waals surface area contributed by atoms with Gasteiger partial charge in [0.1, 0.15) is 18.1 Å². The Morgan fingerprint density at radius 2 is 2.14 bits per heavy atom. The van der Waals surface area contributed by atoms with E-state index < -0.39 is 0 Å². The maximum absolute atomic E-state index is 12.5. The molecule has 1 aromatic heterocycles. The van der Waals surface area contributed by atoms with Crippen LogP contribution in [0.25, 0.3) is 5.69 Å². The van der Waals surface area contributed by atoms with Gasteiger partial charge >= 0.3 is 0 Å². The van der Waals surface area contributed by atoms with Crippen LogP contribution in [0.15, 0.2) is 60.9 Å². The highest BCUT2D eigenvalue weighted by atomic mass is 16.5. The lowest BCUT2D eigenvalue weighted by atomic mass is 9.96. The van der Waals surface area contributed by atoms with Gasteiger partial charge in [-0.05, 0) is 42.2 Å². The number of nitrogens with one attached hydrogen (secondary N) is 1. The molecule has 6 nitrogen and oxygen atoms in total. The normalized spacial score (nSPS) is 15.4. The average molecular weight is 377 g/mol. The lowest BCUT2D eigenvalue weighted by Crippen LogP contribution is -2.38. The zero-order chi connectivity index (χ0) is 19.3. The molecule has 1 N–H and O–H groups in total.